The standard InChI is InChI=1S/C21H21N3O2/c25-13-16-10-15(8-9-20(16)26)19-11-22-12-21(24-19)23-18-7-3-5-14-4-1-2-6-17(14)18/h1-2,4,6,8-12,18,25-26H,3,5,7,13H2,(H,23,24). The largest absolute Gasteiger partial charge is 0.508 e. The Morgan fingerprint density at radius 2 is 2.00 bits per heavy atom. The molecule has 1 atom stereocenters. The predicted octanol–water partition coefficient (Wildman–Crippen LogP) is 3.83. The quantitative estimate of drug-likeness (QED) is 0.668. The molecule has 0 fully saturated rings. The van der Waals surface area contributed by atoms with Crippen LogP contribution in [0.25, 0.3) is 11.3 Å². The minimum Gasteiger partial charge on any atom is -0.508 e. The van der Waals surface area contributed by atoms with E-state index < -0.39 is 0 Å². The number of anilines is 1. The topological polar surface area (TPSA) is 78.3 Å². The second-order valence-corrected chi connectivity index (χ2v) is 6.58. The van der Waals surface area contributed by atoms with Gasteiger partial charge in [-0.2, -0.15) is 0 Å². The van der Waals surface area contributed by atoms with Gasteiger partial charge in [0, 0.05) is 11.1 Å². The van der Waals surface area contributed by atoms with E-state index in [0.717, 1.165) is 30.6 Å². The second-order valence-electron chi connectivity index (χ2n) is 6.58. The van der Waals surface area contributed by atoms with Crippen molar-refractivity contribution in [2.24, 2.45) is 0 Å². The first-order chi connectivity index (χ1) is 12.7. The van der Waals surface area contributed by atoms with Crippen molar-refractivity contribution in [1.29, 1.82) is 0 Å². The van der Waals surface area contributed by atoms with E-state index in [-0.39, 0.29) is 18.4 Å². The zero-order chi connectivity index (χ0) is 17.9. The molecule has 132 valence electrons. The molecule has 26 heavy (non-hydrogen) atoms. The van der Waals surface area contributed by atoms with Gasteiger partial charge in [0.1, 0.15) is 11.6 Å². The van der Waals surface area contributed by atoms with Gasteiger partial charge >= 0.3 is 0 Å². The summed E-state index contributed by atoms with van der Waals surface area (Å²) >= 11 is 0. The summed E-state index contributed by atoms with van der Waals surface area (Å²) in [7, 11) is 0. The summed E-state index contributed by atoms with van der Waals surface area (Å²) in [4.78, 5) is 8.99. The highest BCUT2D eigenvalue weighted by Gasteiger charge is 2.20. The second kappa shape index (κ2) is 7.14. The summed E-state index contributed by atoms with van der Waals surface area (Å²) in [6.45, 7) is -0.218. The van der Waals surface area contributed by atoms with Crippen molar-refractivity contribution in [2.75, 3.05) is 5.32 Å². The smallest absolute Gasteiger partial charge is 0.145 e. The lowest BCUT2D eigenvalue weighted by atomic mass is 9.88. The van der Waals surface area contributed by atoms with Gasteiger partial charge in [-0.25, -0.2) is 4.98 Å². The summed E-state index contributed by atoms with van der Waals surface area (Å²) in [5.74, 6) is 0.806. The van der Waals surface area contributed by atoms with E-state index in [4.69, 9.17) is 0 Å². The lowest BCUT2D eigenvalue weighted by molar-refractivity contribution is 0.275. The Labute approximate surface area is 152 Å². The maximum absolute atomic E-state index is 9.74. The molecule has 3 aromatic rings. The van der Waals surface area contributed by atoms with Gasteiger partial charge in [-0.15, -0.1) is 0 Å². The number of rotatable bonds is 4. The van der Waals surface area contributed by atoms with Crippen molar-refractivity contribution < 1.29 is 10.2 Å². The predicted molar refractivity (Wildman–Crippen MR) is 101 cm³/mol. The van der Waals surface area contributed by atoms with Crippen molar-refractivity contribution in [1.82, 2.24) is 9.97 Å². The molecular weight excluding hydrogens is 326 g/mol. The van der Waals surface area contributed by atoms with Crippen LogP contribution in [0.4, 0.5) is 5.82 Å². The van der Waals surface area contributed by atoms with Crippen molar-refractivity contribution in [3.63, 3.8) is 0 Å². The number of nitrogens with zero attached hydrogens (tertiary/aromatic N) is 2. The Hall–Kier alpha value is -2.92. The molecule has 0 spiro atoms. The van der Waals surface area contributed by atoms with Gasteiger partial charge in [0.05, 0.1) is 30.7 Å². The zero-order valence-corrected chi connectivity index (χ0v) is 14.4. The Morgan fingerprint density at radius 1 is 1.12 bits per heavy atom. The molecule has 2 aromatic carbocycles. The molecule has 1 aliphatic carbocycles. The highest BCUT2D eigenvalue weighted by atomic mass is 16.3. The minimum absolute atomic E-state index is 0.0808. The van der Waals surface area contributed by atoms with E-state index in [9.17, 15) is 10.2 Å². The number of aromatic hydroxyl groups is 1. The highest BCUT2D eigenvalue weighted by molar-refractivity contribution is 5.62. The Balaban J connectivity index is 1.61. The Morgan fingerprint density at radius 3 is 2.88 bits per heavy atom. The van der Waals surface area contributed by atoms with E-state index >= 15 is 0 Å². The van der Waals surface area contributed by atoms with E-state index in [0.29, 0.717) is 11.3 Å². The van der Waals surface area contributed by atoms with Gasteiger partial charge in [0.25, 0.3) is 0 Å². The summed E-state index contributed by atoms with van der Waals surface area (Å²) in [6, 6.07) is 13.9. The van der Waals surface area contributed by atoms with Crippen LogP contribution in [-0.2, 0) is 13.0 Å². The summed E-state index contributed by atoms with van der Waals surface area (Å²) in [5, 5.41) is 22.6. The first-order valence-electron chi connectivity index (χ1n) is 8.84. The van der Waals surface area contributed by atoms with Crippen LogP contribution in [0.2, 0.25) is 0 Å². The number of hydrogen-bond donors (Lipinski definition) is 3. The molecule has 0 amide bonds. The third-order valence-electron chi connectivity index (χ3n) is 4.87. The average Bonchev–Trinajstić information content (AvgIpc) is 2.69. The Bertz CT molecular complexity index is 927. The van der Waals surface area contributed by atoms with Crippen molar-refractivity contribution in [2.45, 2.75) is 31.9 Å². The van der Waals surface area contributed by atoms with Crippen molar-refractivity contribution in [3.05, 3.63) is 71.5 Å². The number of phenols is 1. The summed E-state index contributed by atoms with van der Waals surface area (Å²) < 4.78 is 0. The molecule has 1 unspecified atom stereocenters. The fourth-order valence-electron chi connectivity index (χ4n) is 3.53. The number of aryl methyl sites for hydroxylation is 1. The molecule has 3 N–H and O–H groups in total. The maximum Gasteiger partial charge on any atom is 0.145 e. The van der Waals surface area contributed by atoms with E-state index in [1.807, 2.05) is 0 Å². The minimum atomic E-state index is -0.218. The van der Waals surface area contributed by atoms with Crippen LogP contribution in [0.5, 0.6) is 5.75 Å². The zero-order valence-electron chi connectivity index (χ0n) is 14.4. The van der Waals surface area contributed by atoms with E-state index in [2.05, 4.69) is 39.6 Å². The molecule has 1 aliphatic rings. The monoisotopic (exact) mass is 347 g/mol. The normalized spacial score (nSPS) is 16.1. The fraction of sp³-hybridized carbons (Fsp3) is 0.238. The molecule has 0 bridgehead atoms. The first kappa shape index (κ1) is 16.5. The maximum atomic E-state index is 9.74. The Kier molecular flexibility index (Phi) is 4.54. The van der Waals surface area contributed by atoms with Gasteiger partial charge in [-0.1, -0.05) is 24.3 Å². The average molecular weight is 347 g/mol. The van der Waals surface area contributed by atoms with Gasteiger partial charge in [0.2, 0.25) is 0 Å². The number of aliphatic hydroxyl groups excluding tert-OH is 1. The number of hydrogen-bond acceptors (Lipinski definition) is 5. The highest BCUT2D eigenvalue weighted by Crippen LogP contribution is 2.32. The molecule has 0 aliphatic heterocycles. The molecular formula is C21H21N3O2. The van der Waals surface area contributed by atoms with Crippen LogP contribution >= 0.6 is 0 Å². The number of benzene rings is 2. The summed E-state index contributed by atoms with van der Waals surface area (Å²) in [6.07, 6.45) is 6.76. The molecule has 5 heteroatoms. The molecule has 4 rings (SSSR count). The van der Waals surface area contributed by atoms with Crippen LogP contribution in [0, 0.1) is 0 Å². The molecule has 1 aromatic heterocycles. The number of aliphatic hydroxyl groups is 1. The van der Waals surface area contributed by atoms with E-state index in [1.54, 1.807) is 30.6 Å². The van der Waals surface area contributed by atoms with Gasteiger partial charge in [-0.3, -0.25) is 4.98 Å². The van der Waals surface area contributed by atoms with Gasteiger partial charge in [0.15, 0.2) is 0 Å². The number of nitrogens with one attached hydrogen (secondary N) is 1. The molecule has 0 saturated heterocycles. The van der Waals surface area contributed by atoms with Gasteiger partial charge in [-0.05, 0) is 48.6 Å². The van der Waals surface area contributed by atoms with Crippen LogP contribution in [0.15, 0.2) is 54.9 Å². The SMILES string of the molecule is OCc1cc(-c2cncc(NC3CCCc4ccccc43)n2)ccc1O. The number of fused-ring (bicyclic) bond motifs is 1. The van der Waals surface area contributed by atoms with Crippen molar-refractivity contribution >= 4 is 5.82 Å². The third kappa shape index (κ3) is 3.26. The molecule has 5 nitrogen and oxygen atoms in total. The van der Waals surface area contributed by atoms with E-state index in [1.165, 1.54) is 11.1 Å². The van der Waals surface area contributed by atoms with Crippen LogP contribution < -0.4 is 5.32 Å². The number of aromatic nitrogens is 2. The lowest BCUT2D eigenvalue weighted by Gasteiger charge is -2.26. The van der Waals surface area contributed by atoms with Crippen LogP contribution in [0.1, 0.15) is 35.6 Å². The first-order valence-corrected chi connectivity index (χ1v) is 8.84. The fourth-order valence-corrected chi connectivity index (χ4v) is 3.53. The molecule has 0 radical (unpaired) electrons. The molecule has 1 heterocycles. The summed E-state index contributed by atoms with van der Waals surface area (Å²) in [5.41, 5.74) is 4.72. The lowest BCUT2D eigenvalue weighted by Crippen LogP contribution is -2.18. The van der Waals surface area contributed by atoms with Crippen LogP contribution in [0.3, 0.4) is 0 Å². The third-order valence-corrected chi connectivity index (χ3v) is 4.87. The van der Waals surface area contributed by atoms with Crippen molar-refractivity contribution in [3.8, 4) is 17.0 Å². The van der Waals surface area contributed by atoms with Gasteiger partial charge < -0.3 is 15.5 Å². The van der Waals surface area contributed by atoms with Crippen LogP contribution in [-0.4, -0.2) is 20.2 Å². The molecule has 0 saturated carbocycles.